The molecule has 0 aromatic heterocycles. The number of methoxy groups -OCH3 is 1. The van der Waals surface area contributed by atoms with Crippen molar-refractivity contribution in [3.63, 3.8) is 0 Å². The Morgan fingerprint density at radius 1 is 1.04 bits per heavy atom. The van der Waals surface area contributed by atoms with Crippen LogP contribution in [0, 0.1) is 0 Å². The molecule has 0 bridgehead atoms. The molecule has 2 heterocycles. The number of nitrogens with one attached hydrogen (secondary N) is 1. The average Bonchev–Trinajstić information content (AvgIpc) is 3.04. The van der Waals surface area contributed by atoms with E-state index in [2.05, 4.69) is 11.9 Å². The molecule has 0 spiro atoms. The molecule has 45 heavy (non-hydrogen) atoms. The SMILES string of the molecule is C=CCN1CC(=O)N2[C@@H](Cc3ccc(O)cc3)C(=O)N(Cc3cccc(OC)c3OCO)C[C@@H]2N1C(=O)NCc1ccccc1. The van der Waals surface area contributed by atoms with Crippen molar-refractivity contribution in [1.29, 1.82) is 0 Å². The summed E-state index contributed by atoms with van der Waals surface area (Å²) in [7, 11) is 1.48. The number of hydrazine groups is 1. The summed E-state index contributed by atoms with van der Waals surface area (Å²) in [5, 5.41) is 25.5. The fourth-order valence-corrected chi connectivity index (χ4v) is 5.83. The molecule has 12 heteroatoms. The number of rotatable bonds is 11. The van der Waals surface area contributed by atoms with Gasteiger partial charge in [-0.05, 0) is 29.3 Å². The predicted octanol–water partition coefficient (Wildman–Crippen LogP) is 2.47. The number of ether oxygens (including phenoxy) is 2. The van der Waals surface area contributed by atoms with E-state index < -0.39 is 25.0 Å². The number of benzene rings is 3. The molecule has 3 aromatic carbocycles. The van der Waals surface area contributed by atoms with Crippen LogP contribution < -0.4 is 14.8 Å². The number of hydrogen-bond donors (Lipinski definition) is 3. The van der Waals surface area contributed by atoms with E-state index >= 15 is 0 Å². The van der Waals surface area contributed by atoms with Crippen LogP contribution in [0.15, 0.2) is 85.5 Å². The molecule has 2 fully saturated rings. The van der Waals surface area contributed by atoms with Gasteiger partial charge in [0.15, 0.2) is 18.3 Å². The van der Waals surface area contributed by atoms with E-state index in [4.69, 9.17) is 9.47 Å². The average molecular weight is 616 g/mol. The molecule has 2 aliphatic rings. The minimum absolute atomic E-state index is 0.0127. The third kappa shape index (κ3) is 6.87. The van der Waals surface area contributed by atoms with Crippen molar-refractivity contribution in [3.05, 3.63) is 102 Å². The summed E-state index contributed by atoms with van der Waals surface area (Å²) >= 11 is 0. The van der Waals surface area contributed by atoms with Crippen LogP contribution in [0.4, 0.5) is 4.79 Å². The van der Waals surface area contributed by atoms with Gasteiger partial charge >= 0.3 is 6.03 Å². The highest BCUT2D eigenvalue weighted by Crippen LogP contribution is 2.34. The Kier molecular flexibility index (Phi) is 9.86. The van der Waals surface area contributed by atoms with E-state index in [9.17, 15) is 24.6 Å². The van der Waals surface area contributed by atoms with Crippen LogP contribution in [0.25, 0.3) is 0 Å². The fraction of sp³-hybridized carbons (Fsp3) is 0.303. The Morgan fingerprint density at radius 2 is 1.80 bits per heavy atom. The van der Waals surface area contributed by atoms with Gasteiger partial charge in [-0.15, -0.1) is 6.58 Å². The number of hydrogen-bond acceptors (Lipinski definition) is 8. The maximum absolute atomic E-state index is 14.2. The maximum Gasteiger partial charge on any atom is 0.334 e. The Hall–Kier alpha value is -5.07. The van der Waals surface area contributed by atoms with Gasteiger partial charge in [0, 0.05) is 31.6 Å². The number of phenols is 1. The highest BCUT2D eigenvalue weighted by molar-refractivity contribution is 5.91. The minimum Gasteiger partial charge on any atom is -0.508 e. The van der Waals surface area contributed by atoms with E-state index in [-0.39, 0.29) is 56.7 Å². The van der Waals surface area contributed by atoms with E-state index in [1.54, 1.807) is 46.3 Å². The van der Waals surface area contributed by atoms with Crippen LogP contribution in [0.1, 0.15) is 16.7 Å². The third-order valence-corrected chi connectivity index (χ3v) is 7.88. The summed E-state index contributed by atoms with van der Waals surface area (Å²) in [5.74, 6) is 0.153. The van der Waals surface area contributed by atoms with Crippen molar-refractivity contribution in [2.75, 3.05) is 33.5 Å². The van der Waals surface area contributed by atoms with Crippen LogP contribution in [-0.2, 0) is 29.1 Å². The number of aromatic hydroxyl groups is 1. The van der Waals surface area contributed by atoms with Gasteiger partial charge in [-0.1, -0.05) is 60.7 Å². The summed E-state index contributed by atoms with van der Waals surface area (Å²) in [6.07, 6.45) is 0.945. The number of urea groups is 1. The van der Waals surface area contributed by atoms with Gasteiger partial charge in [0.2, 0.25) is 11.8 Å². The molecule has 4 amide bonds. The standard InChI is InChI=1S/C33H37N5O7/c1-3-16-36-21-30(41)37-27(17-23-12-14-26(40)15-13-23)32(42)35(19-25-10-7-11-28(44-2)31(25)45-22-39)20-29(37)38(36)33(43)34-18-24-8-5-4-6-9-24/h3-15,27,29,39-40H,1,16-22H2,2H3,(H,34,43)/t27-,29-/m0/s1. The smallest absolute Gasteiger partial charge is 0.334 e. The highest BCUT2D eigenvalue weighted by atomic mass is 16.6. The molecule has 3 N–H and O–H groups in total. The molecular formula is C33H37N5O7. The normalized spacial score (nSPS) is 18.4. The Bertz CT molecular complexity index is 1520. The van der Waals surface area contributed by atoms with Crippen LogP contribution in [0.2, 0.25) is 0 Å². The first-order chi connectivity index (χ1) is 21.8. The second-order valence-electron chi connectivity index (χ2n) is 10.7. The summed E-state index contributed by atoms with van der Waals surface area (Å²) in [5.41, 5.74) is 2.23. The van der Waals surface area contributed by atoms with Gasteiger partial charge < -0.3 is 34.8 Å². The van der Waals surface area contributed by atoms with Gasteiger partial charge in [0.05, 0.1) is 20.2 Å². The number of nitrogens with zero attached hydrogens (tertiary/aromatic N) is 4. The minimum atomic E-state index is -0.941. The lowest BCUT2D eigenvalue weighted by Gasteiger charge is -2.55. The zero-order valence-electron chi connectivity index (χ0n) is 25.0. The largest absolute Gasteiger partial charge is 0.508 e. The molecule has 0 saturated carbocycles. The van der Waals surface area contributed by atoms with Crippen molar-refractivity contribution in [2.45, 2.75) is 31.7 Å². The lowest BCUT2D eigenvalue weighted by atomic mass is 9.98. The molecule has 5 rings (SSSR count). The van der Waals surface area contributed by atoms with Gasteiger partial charge in [-0.3, -0.25) is 9.59 Å². The lowest BCUT2D eigenvalue weighted by molar-refractivity contribution is -0.189. The second kappa shape index (κ2) is 14.1. The van der Waals surface area contributed by atoms with Gasteiger partial charge in [0.25, 0.3) is 0 Å². The monoisotopic (exact) mass is 615 g/mol. The topological polar surface area (TPSA) is 135 Å². The molecule has 2 aliphatic heterocycles. The Morgan fingerprint density at radius 3 is 2.49 bits per heavy atom. The van der Waals surface area contributed by atoms with Crippen LogP contribution in [0.3, 0.4) is 0 Å². The van der Waals surface area contributed by atoms with Crippen LogP contribution in [0.5, 0.6) is 17.2 Å². The zero-order chi connectivity index (χ0) is 31.9. The summed E-state index contributed by atoms with van der Waals surface area (Å²) in [6.45, 7) is 3.68. The zero-order valence-corrected chi connectivity index (χ0v) is 25.0. The first-order valence-electron chi connectivity index (χ1n) is 14.6. The Labute approximate surface area is 261 Å². The van der Waals surface area contributed by atoms with E-state index in [0.717, 1.165) is 11.1 Å². The number of aliphatic hydroxyl groups is 1. The molecule has 0 unspecified atom stereocenters. The maximum atomic E-state index is 14.2. The molecule has 0 aliphatic carbocycles. The number of fused-ring (bicyclic) bond motifs is 1. The third-order valence-electron chi connectivity index (χ3n) is 7.88. The van der Waals surface area contributed by atoms with Crippen molar-refractivity contribution in [2.24, 2.45) is 0 Å². The number of carbonyl (C=O) groups is 3. The van der Waals surface area contributed by atoms with Crippen molar-refractivity contribution in [3.8, 4) is 17.2 Å². The molecule has 3 aromatic rings. The first-order valence-corrected chi connectivity index (χ1v) is 14.6. The number of phenolic OH excluding ortho intramolecular Hbond substituents is 1. The van der Waals surface area contributed by atoms with E-state index in [1.807, 2.05) is 30.3 Å². The quantitative estimate of drug-likeness (QED) is 0.221. The summed E-state index contributed by atoms with van der Waals surface area (Å²) in [6, 6.07) is 19.8. The van der Waals surface area contributed by atoms with Gasteiger partial charge in [0.1, 0.15) is 18.0 Å². The number of para-hydroxylation sites is 1. The van der Waals surface area contributed by atoms with E-state index in [0.29, 0.717) is 17.1 Å². The van der Waals surface area contributed by atoms with Crippen molar-refractivity contribution >= 4 is 17.8 Å². The van der Waals surface area contributed by atoms with Gasteiger partial charge in [-0.25, -0.2) is 14.8 Å². The molecule has 12 nitrogen and oxygen atoms in total. The fourth-order valence-electron chi connectivity index (χ4n) is 5.83. The summed E-state index contributed by atoms with van der Waals surface area (Å²) in [4.78, 5) is 45.0. The number of piperazine rings is 1. The molecule has 236 valence electrons. The molecule has 0 radical (unpaired) electrons. The first kappa shape index (κ1) is 31.4. The van der Waals surface area contributed by atoms with Gasteiger partial charge in [-0.2, -0.15) is 0 Å². The van der Waals surface area contributed by atoms with Crippen LogP contribution in [-0.4, -0.2) is 93.6 Å². The number of amides is 4. The molecular weight excluding hydrogens is 578 g/mol. The predicted molar refractivity (Wildman–Crippen MR) is 165 cm³/mol. The summed E-state index contributed by atoms with van der Waals surface area (Å²) < 4.78 is 10.9. The highest BCUT2D eigenvalue weighted by Gasteiger charge is 2.51. The molecule has 2 saturated heterocycles. The number of carbonyl (C=O) groups excluding carboxylic acids is 3. The van der Waals surface area contributed by atoms with E-state index in [1.165, 1.54) is 29.2 Å². The second-order valence-corrected chi connectivity index (χ2v) is 10.7. The molecule has 2 atom stereocenters. The van der Waals surface area contributed by atoms with Crippen LogP contribution >= 0.6 is 0 Å². The lowest BCUT2D eigenvalue weighted by Crippen LogP contribution is -2.76. The number of aliphatic hydroxyl groups excluding tert-OH is 1. The van der Waals surface area contributed by atoms with Crippen molar-refractivity contribution in [1.82, 2.24) is 25.1 Å². The van der Waals surface area contributed by atoms with Crippen molar-refractivity contribution < 1.29 is 34.1 Å². The Balaban J connectivity index is 1.52.